The first-order valence-corrected chi connectivity index (χ1v) is 12.7. The second kappa shape index (κ2) is 7.79. The summed E-state index contributed by atoms with van der Waals surface area (Å²) in [5, 5.41) is 0.913. The van der Waals surface area contributed by atoms with Crippen molar-refractivity contribution in [2.24, 2.45) is 11.3 Å². The lowest BCUT2D eigenvalue weighted by Crippen LogP contribution is -2.40. The van der Waals surface area contributed by atoms with Crippen molar-refractivity contribution < 1.29 is 9.47 Å². The molecule has 7 heteroatoms. The van der Waals surface area contributed by atoms with Crippen LogP contribution in [0.2, 0.25) is 0 Å². The average Bonchev–Trinajstić information content (AvgIpc) is 3.53. The van der Waals surface area contributed by atoms with Crippen LogP contribution in [0.15, 0.2) is 30.2 Å². The van der Waals surface area contributed by atoms with Gasteiger partial charge in [0.1, 0.15) is 23.9 Å². The monoisotopic (exact) mass is 451 g/mol. The van der Waals surface area contributed by atoms with Gasteiger partial charge >= 0.3 is 0 Å². The number of nitrogens with two attached hydrogens (primary N) is 1. The van der Waals surface area contributed by atoms with Crippen molar-refractivity contribution in [3.05, 3.63) is 30.2 Å². The summed E-state index contributed by atoms with van der Waals surface area (Å²) in [6.45, 7) is 10.0. The van der Waals surface area contributed by atoms with Gasteiger partial charge in [-0.15, -0.1) is 0 Å². The zero-order chi connectivity index (χ0) is 22.8. The quantitative estimate of drug-likeness (QED) is 0.698. The van der Waals surface area contributed by atoms with Crippen LogP contribution in [0.3, 0.4) is 0 Å². The largest absolute Gasteiger partial charge is 0.383 e. The number of allylic oxidation sites excluding steroid dienone is 2. The van der Waals surface area contributed by atoms with E-state index in [4.69, 9.17) is 15.2 Å². The summed E-state index contributed by atoms with van der Waals surface area (Å²) in [7, 11) is 0. The Morgan fingerprint density at radius 2 is 1.91 bits per heavy atom. The molecular weight excluding hydrogens is 414 g/mol. The number of likely N-dealkylation sites (tertiary alicyclic amines) is 1. The highest BCUT2D eigenvalue weighted by Crippen LogP contribution is 2.54. The number of anilines is 1. The summed E-state index contributed by atoms with van der Waals surface area (Å²) in [5.74, 6) is 0.423. The molecule has 33 heavy (non-hydrogen) atoms. The molecule has 2 aromatic heterocycles. The second-order valence-corrected chi connectivity index (χ2v) is 11.0. The van der Waals surface area contributed by atoms with E-state index in [1.807, 2.05) is 19.9 Å². The second-order valence-electron chi connectivity index (χ2n) is 11.0. The van der Waals surface area contributed by atoms with Gasteiger partial charge in [0.05, 0.1) is 17.5 Å². The maximum absolute atomic E-state index is 6.54. The summed E-state index contributed by atoms with van der Waals surface area (Å²) in [6, 6.07) is 2.22. The van der Waals surface area contributed by atoms with Crippen molar-refractivity contribution in [1.82, 2.24) is 19.4 Å². The molecule has 1 spiro atoms. The lowest BCUT2D eigenvalue weighted by atomic mass is 9.70. The van der Waals surface area contributed by atoms with Gasteiger partial charge in [-0.05, 0) is 89.4 Å². The van der Waals surface area contributed by atoms with Crippen LogP contribution in [-0.4, -0.2) is 57.1 Å². The van der Waals surface area contributed by atoms with E-state index in [1.54, 1.807) is 11.9 Å². The van der Waals surface area contributed by atoms with E-state index in [2.05, 4.69) is 38.6 Å². The summed E-state index contributed by atoms with van der Waals surface area (Å²) in [6.07, 6.45) is 13.7. The Hall–Kier alpha value is -1.96. The van der Waals surface area contributed by atoms with Crippen molar-refractivity contribution in [1.29, 1.82) is 0 Å². The minimum absolute atomic E-state index is 0.0247. The molecule has 2 N–H and O–H groups in total. The zero-order valence-electron chi connectivity index (χ0n) is 20.2. The number of nitrogen functional groups attached to an aromatic ring is 1. The van der Waals surface area contributed by atoms with Gasteiger partial charge in [-0.3, -0.25) is 0 Å². The Balaban J connectivity index is 1.28. The minimum Gasteiger partial charge on any atom is -0.383 e. The topological polar surface area (TPSA) is 78.4 Å². The van der Waals surface area contributed by atoms with Gasteiger partial charge in [0.2, 0.25) is 0 Å². The highest BCUT2D eigenvalue weighted by Gasteiger charge is 2.55. The van der Waals surface area contributed by atoms with E-state index in [0.29, 0.717) is 17.2 Å². The number of hydrogen-bond acceptors (Lipinski definition) is 6. The van der Waals surface area contributed by atoms with Gasteiger partial charge < -0.3 is 24.7 Å². The number of fused-ring (bicyclic) bond motifs is 2. The SMILES string of the molecule is CCN1CCC2(CCC=C2C[C@H]2C[C@@H](n3ccc4c(N)ncnc43)[C@@H]3OC(C)(C)O[C@H]23)CC1. The van der Waals surface area contributed by atoms with Crippen molar-refractivity contribution in [3.63, 3.8) is 0 Å². The molecule has 7 nitrogen and oxygen atoms in total. The standard InChI is InChI=1S/C26H37N5O2/c1-4-30-12-9-26(10-13-30)8-5-6-18(26)14-17-15-20(22-21(17)32-25(2,3)33-22)31-11-7-19-23(27)28-16-29-24(19)31/h6-7,11,16-17,20-22H,4-5,8-10,12-15H2,1-3H3,(H2,27,28,29)/t17-,20+,21+,22-/m0/s1. The van der Waals surface area contributed by atoms with Crippen molar-refractivity contribution >= 4 is 16.9 Å². The normalized spacial score (nSPS) is 33.1. The summed E-state index contributed by atoms with van der Waals surface area (Å²) in [4.78, 5) is 11.3. The third-order valence-corrected chi connectivity index (χ3v) is 8.89. The maximum atomic E-state index is 6.54. The van der Waals surface area contributed by atoms with E-state index in [9.17, 15) is 0 Å². The van der Waals surface area contributed by atoms with Crippen LogP contribution in [0.4, 0.5) is 5.82 Å². The molecule has 4 atom stereocenters. The van der Waals surface area contributed by atoms with Crippen molar-refractivity contribution in [2.45, 2.75) is 83.3 Å². The fourth-order valence-electron chi connectivity index (χ4n) is 7.14. The van der Waals surface area contributed by atoms with Crippen LogP contribution >= 0.6 is 0 Å². The number of hydrogen-bond donors (Lipinski definition) is 1. The molecule has 0 amide bonds. The van der Waals surface area contributed by atoms with E-state index in [1.165, 1.54) is 45.3 Å². The van der Waals surface area contributed by atoms with E-state index < -0.39 is 5.79 Å². The van der Waals surface area contributed by atoms with E-state index >= 15 is 0 Å². The Kier molecular flexibility index (Phi) is 5.09. The van der Waals surface area contributed by atoms with Gasteiger partial charge in [-0.25, -0.2) is 9.97 Å². The van der Waals surface area contributed by atoms with Gasteiger partial charge in [0.15, 0.2) is 5.79 Å². The van der Waals surface area contributed by atoms with Crippen LogP contribution in [-0.2, 0) is 9.47 Å². The maximum Gasteiger partial charge on any atom is 0.163 e. The molecule has 2 aliphatic carbocycles. The summed E-state index contributed by atoms with van der Waals surface area (Å²) in [5.41, 5.74) is 9.12. The molecule has 0 radical (unpaired) electrons. The van der Waals surface area contributed by atoms with Crippen LogP contribution < -0.4 is 5.73 Å². The van der Waals surface area contributed by atoms with Crippen molar-refractivity contribution in [3.8, 4) is 0 Å². The number of aromatic nitrogens is 3. The molecule has 178 valence electrons. The smallest absolute Gasteiger partial charge is 0.163 e. The number of piperidine rings is 1. The van der Waals surface area contributed by atoms with Crippen LogP contribution in [0.5, 0.6) is 0 Å². The van der Waals surface area contributed by atoms with Gasteiger partial charge in [0, 0.05) is 6.20 Å². The zero-order valence-corrected chi connectivity index (χ0v) is 20.2. The molecule has 2 aliphatic heterocycles. The van der Waals surface area contributed by atoms with Gasteiger partial charge in [0.25, 0.3) is 0 Å². The highest BCUT2D eigenvalue weighted by molar-refractivity contribution is 5.86. The molecule has 4 aliphatic rings. The van der Waals surface area contributed by atoms with Crippen LogP contribution in [0.1, 0.15) is 65.3 Å². The van der Waals surface area contributed by atoms with Gasteiger partial charge in [-0.2, -0.15) is 0 Å². The summed E-state index contributed by atoms with van der Waals surface area (Å²) < 4.78 is 15.3. The fraction of sp³-hybridized carbons (Fsp3) is 0.692. The number of rotatable bonds is 4. The predicted molar refractivity (Wildman–Crippen MR) is 129 cm³/mol. The molecule has 6 rings (SSSR count). The lowest BCUT2D eigenvalue weighted by Gasteiger charge is -2.42. The molecule has 4 heterocycles. The first-order chi connectivity index (χ1) is 15.9. The van der Waals surface area contributed by atoms with Crippen LogP contribution in [0.25, 0.3) is 11.0 Å². The molecule has 2 saturated heterocycles. The molecular formula is C26H37N5O2. The number of nitrogens with zero attached hydrogens (tertiary/aromatic N) is 4. The Morgan fingerprint density at radius 3 is 2.70 bits per heavy atom. The Bertz CT molecular complexity index is 1070. The van der Waals surface area contributed by atoms with Crippen LogP contribution in [0, 0.1) is 11.3 Å². The lowest BCUT2D eigenvalue weighted by molar-refractivity contribution is -0.160. The Labute approximate surface area is 196 Å². The third kappa shape index (κ3) is 3.51. The fourth-order valence-corrected chi connectivity index (χ4v) is 7.14. The Morgan fingerprint density at radius 1 is 1.12 bits per heavy atom. The first kappa shape index (κ1) is 21.6. The predicted octanol–water partition coefficient (Wildman–Crippen LogP) is 4.31. The van der Waals surface area contributed by atoms with E-state index in [-0.39, 0.29) is 18.2 Å². The molecule has 3 fully saturated rings. The van der Waals surface area contributed by atoms with Gasteiger partial charge in [-0.1, -0.05) is 18.6 Å². The summed E-state index contributed by atoms with van der Waals surface area (Å²) >= 11 is 0. The molecule has 0 aromatic carbocycles. The highest BCUT2D eigenvalue weighted by atomic mass is 16.8. The average molecular weight is 452 g/mol. The van der Waals surface area contributed by atoms with Crippen molar-refractivity contribution in [2.75, 3.05) is 25.4 Å². The molecule has 2 aromatic rings. The first-order valence-electron chi connectivity index (χ1n) is 12.7. The third-order valence-electron chi connectivity index (χ3n) is 8.89. The molecule has 1 saturated carbocycles. The number of ether oxygens (including phenoxy) is 2. The molecule has 0 bridgehead atoms. The van der Waals surface area contributed by atoms with E-state index in [0.717, 1.165) is 23.9 Å². The molecule has 0 unspecified atom stereocenters. The minimum atomic E-state index is -0.558.